The minimum atomic E-state index is -0.188. The van der Waals surface area contributed by atoms with Crippen molar-refractivity contribution in [2.24, 2.45) is 0 Å². The lowest BCUT2D eigenvalue weighted by Crippen LogP contribution is -2.26. The van der Waals surface area contributed by atoms with Gasteiger partial charge in [-0.2, -0.15) is 0 Å². The molecule has 6 heteroatoms. The maximum atomic E-state index is 12.1. The lowest BCUT2D eigenvalue weighted by molar-refractivity contribution is 0.0943. The fraction of sp³-hybridized carbons (Fsp3) is 0.333. The number of para-hydroxylation sites is 1. The summed E-state index contributed by atoms with van der Waals surface area (Å²) < 4.78 is 10.3. The first-order valence-electron chi connectivity index (χ1n) is 7.83. The maximum Gasteiger partial charge on any atom is 0.269 e. The van der Waals surface area contributed by atoms with Gasteiger partial charge in [0.05, 0.1) is 7.11 Å². The van der Waals surface area contributed by atoms with Gasteiger partial charge in [-0.25, -0.2) is 0 Å². The Hall–Kier alpha value is -2.60. The number of hydrogen-bond acceptors (Lipinski definition) is 5. The Morgan fingerprint density at radius 3 is 2.83 bits per heavy atom. The molecule has 0 saturated heterocycles. The zero-order valence-electron chi connectivity index (χ0n) is 14.0. The van der Waals surface area contributed by atoms with E-state index in [1.165, 1.54) is 0 Å². The summed E-state index contributed by atoms with van der Waals surface area (Å²) in [6.45, 7) is 1.78. The van der Waals surface area contributed by atoms with Crippen molar-refractivity contribution < 1.29 is 14.3 Å². The number of benzene rings is 1. The molecule has 2 rings (SSSR count). The van der Waals surface area contributed by atoms with E-state index in [0.717, 1.165) is 23.4 Å². The Bertz CT molecular complexity index is 661. The second-order valence-corrected chi connectivity index (χ2v) is 5.20. The van der Waals surface area contributed by atoms with Crippen LogP contribution in [0.15, 0.2) is 42.6 Å². The number of anilines is 1. The minimum Gasteiger partial charge on any atom is -0.496 e. The molecule has 24 heavy (non-hydrogen) atoms. The van der Waals surface area contributed by atoms with E-state index < -0.39 is 0 Å². The molecule has 1 heterocycles. The normalized spacial score (nSPS) is 10.2. The van der Waals surface area contributed by atoms with E-state index >= 15 is 0 Å². The van der Waals surface area contributed by atoms with E-state index in [-0.39, 0.29) is 5.91 Å². The van der Waals surface area contributed by atoms with Crippen molar-refractivity contribution in [2.45, 2.75) is 13.0 Å². The molecular weight excluding hydrogens is 306 g/mol. The highest BCUT2D eigenvalue weighted by Crippen LogP contribution is 2.19. The molecule has 0 saturated carbocycles. The molecule has 0 spiro atoms. The topological polar surface area (TPSA) is 72.5 Å². The number of aromatic nitrogens is 1. The molecule has 0 atom stereocenters. The van der Waals surface area contributed by atoms with Crippen LogP contribution in [0, 0.1) is 0 Å². The molecule has 6 nitrogen and oxygen atoms in total. The van der Waals surface area contributed by atoms with Gasteiger partial charge >= 0.3 is 0 Å². The third kappa shape index (κ3) is 5.24. The molecule has 0 aliphatic rings. The summed E-state index contributed by atoms with van der Waals surface area (Å²) in [6.07, 6.45) is 2.39. The van der Waals surface area contributed by atoms with Crippen molar-refractivity contribution in [1.82, 2.24) is 10.3 Å². The Kier molecular flexibility index (Phi) is 7.04. The third-order valence-corrected chi connectivity index (χ3v) is 3.48. The number of pyridine rings is 1. The van der Waals surface area contributed by atoms with Crippen LogP contribution in [0.25, 0.3) is 0 Å². The number of hydrogen-bond donors (Lipinski definition) is 2. The van der Waals surface area contributed by atoms with Gasteiger partial charge in [0.2, 0.25) is 0 Å². The molecule has 0 aliphatic carbocycles. The summed E-state index contributed by atoms with van der Waals surface area (Å²) in [5.41, 5.74) is 2.26. The first kappa shape index (κ1) is 17.7. The number of amides is 1. The standard InChI is InChI=1S/C18H23N3O3/c1-23-11-5-9-20-18(22)16-12-15(8-10-19-16)21-13-14-6-3-4-7-17(14)24-2/h3-4,6-8,10,12H,5,9,11,13H2,1-2H3,(H,19,21)(H,20,22). The summed E-state index contributed by atoms with van der Waals surface area (Å²) in [6, 6.07) is 11.4. The molecular formula is C18H23N3O3. The number of carbonyl (C=O) groups is 1. The predicted molar refractivity (Wildman–Crippen MR) is 93.4 cm³/mol. The fourth-order valence-corrected chi connectivity index (χ4v) is 2.22. The number of ether oxygens (including phenoxy) is 2. The Balaban J connectivity index is 1.93. The highest BCUT2D eigenvalue weighted by molar-refractivity contribution is 5.93. The van der Waals surface area contributed by atoms with Crippen LogP contribution in [0.5, 0.6) is 5.75 Å². The monoisotopic (exact) mass is 329 g/mol. The molecule has 0 unspecified atom stereocenters. The quantitative estimate of drug-likeness (QED) is 0.692. The molecule has 1 aromatic carbocycles. The number of carbonyl (C=O) groups excluding carboxylic acids is 1. The Morgan fingerprint density at radius 1 is 1.21 bits per heavy atom. The lowest BCUT2D eigenvalue weighted by atomic mass is 10.2. The van der Waals surface area contributed by atoms with Crippen LogP contribution in [0.4, 0.5) is 5.69 Å². The van der Waals surface area contributed by atoms with Gasteiger partial charge in [0.1, 0.15) is 11.4 Å². The summed E-state index contributed by atoms with van der Waals surface area (Å²) in [4.78, 5) is 16.2. The maximum absolute atomic E-state index is 12.1. The van der Waals surface area contributed by atoms with Gasteiger partial charge in [0, 0.05) is 44.3 Å². The summed E-state index contributed by atoms with van der Waals surface area (Å²) in [7, 11) is 3.29. The fourth-order valence-electron chi connectivity index (χ4n) is 2.22. The summed E-state index contributed by atoms with van der Waals surface area (Å²) in [5.74, 6) is 0.641. The molecule has 1 amide bonds. The van der Waals surface area contributed by atoms with E-state index in [0.29, 0.717) is 25.4 Å². The van der Waals surface area contributed by atoms with Crippen molar-refractivity contribution >= 4 is 11.6 Å². The second kappa shape index (κ2) is 9.52. The Morgan fingerprint density at radius 2 is 2.04 bits per heavy atom. The van der Waals surface area contributed by atoms with Gasteiger partial charge in [-0.05, 0) is 24.6 Å². The molecule has 128 valence electrons. The van der Waals surface area contributed by atoms with Crippen LogP contribution in [0.3, 0.4) is 0 Å². The number of nitrogens with one attached hydrogen (secondary N) is 2. The van der Waals surface area contributed by atoms with Crippen LogP contribution >= 0.6 is 0 Å². The van der Waals surface area contributed by atoms with Crippen molar-refractivity contribution in [3.8, 4) is 5.75 Å². The summed E-state index contributed by atoms with van der Waals surface area (Å²) >= 11 is 0. The van der Waals surface area contributed by atoms with Gasteiger partial charge < -0.3 is 20.1 Å². The van der Waals surface area contributed by atoms with Gasteiger partial charge in [0.25, 0.3) is 5.91 Å². The number of nitrogens with zero attached hydrogens (tertiary/aromatic N) is 1. The van der Waals surface area contributed by atoms with E-state index in [9.17, 15) is 4.79 Å². The number of rotatable bonds is 9. The van der Waals surface area contributed by atoms with E-state index in [1.54, 1.807) is 26.5 Å². The summed E-state index contributed by atoms with van der Waals surface area (Å²) in [5, 5.41) is 6.11. The van der Waals surface area contributed by atoms with Crippen LogP contribution in [0.1, 0.15) is 22.5 Å². The second-order valence-electron chi connectivity index (χ2n) is 5.20. The molecule has 0 bridgehead atoms. The van der Waals surface area contributed by atoms with Crippen LogP contribution in [-0.2, 0) is 11.3 Å². The molecule has 2 N–H and O–H groups in total. The lowest BCUT2D eigenvalue weighted by Gasteiger charge is -2.11. The van der Waals surface area contributed by atoms with Gasteiger partial charge in [-0.1, -0.05) is 18.2 Å². The van der Waals surface area contributed by atoms with Crippen LogP contribution in [-0.4, -0.2) is 38.3 Å². The SMILES string of the molecule is COCCCNC(=O)c1cc(NCc2ccccc2OC)ccn1. The van der Waals surface area contributed by atoms with E-state index in [2.05, 4.69) is 15.6 Å². The average molecular weight is 329 g/mol. The third-order valence-electron chi connectivity index (χ3n) is 3.48. The van der Waals surface area contributed by atoms with E-state index in [4.69, 9.17) is 9.47 Å². The van der Waals surface area contributed by atoms with Crippen molar-refractivity contribution in [3.63, 3.8) is 0 Å². The average Bonchev–Trinajstić information content (AvgIpc) is 2.64. The molecule has 0 fully saturated rings. The highest BCUT2D eigenvalue weighted by atomic mass is 16.5. The molecule has 0 aliphatic heterocycles. The number of methoxy groups -OCH3 is 2. The van der Waals surface area contributed by atoms with Crippen LogP contribution < -0.4 is 15.4 Å². The zero-order valence-corrected chi connectivity index (χ0v) is 14.0. The van der Waals surface area contributed by atoms with E-state index in [1.807, 2.05) is 30.3 Å². The van der Waals surface area contributed by atoms with Crippen molar-refractivity contribution in [1.29, 1.82) is 0 Å². The molecule has 2 aromatic rings. The Labute approximate surface area is 142 Å². The highest BCUT2D eigenvalue weighted by Gasteiger charge is 2.08. The first-order chi connectivity index (χ1) is 11.7. The first-order valence-corrected chi connectivity index (χ1v) is 7.83. The van der Waals surface area contributed by atoms with Gasteiger partial charge in [0.15, 0.2) is 0 Å². The van der Waals surface area contributed by atoms with Crippen molar-refractivity contribution in [2.75, 3.05) is 32.7 Å². The molecule has 0 radical (unpaired) electrons. The predicted octanol–water partition coefficient (Wildman–Crippen LogP) is 2.47. The molecule has 1 aromatic heterocycles. The van der Waals surface area contributed by atoms with Gasteiger partial charge in [-0.15, -0.1) is 0 Å². The van der Waals surface area contributed by atoms with Crippen LogP contribution in [0.2, 0.25) is 0 Å². The van der Waals surface area contributed by atoms with Gasteiger partial charge in [-0.3, -0.25) is 9.78 Å². The van der Waals surface area contributed by atoms with Crippen molar-refractivity contribution in [3.05, 3.63) is 53.9 Å². The smallest absolute Gasteiger partial charge is 0.269 e. The minimum absolute atomic E-state index is 0.188. The largest absolute Gasteiger partial charge is 0.496 e. The zero-order chi connectivity index (χ0) is 17.2.